The summed E-state index contributed by atoms with van der Waals surface area (Å²) in [6.45, 7) is 5.99. The molecule has 11 heteroatoms. The highest BCUT2D eigenvalue weighted by molar-refractivity contribution is 6.30. The van der Waals surface area contributed by atoms with Crippen molar-refractivity contribution in [2.75, 3.05) is 0 Å². The fraction of sp³-hybridized carbons (Fsp3) is 0.480. The maximum Gasteiger partial charge on any atom is 0.528 e. The van der Waals surface area contributed by atoms with Gasteiger partial charge in [-0.25, -0.2) is 14.8 Å². The number of halogens is 1. The Morgan fingerprint density at radius 3 is 2.53 bits per heavy atom. The number of carbonyl (C=O) groups is 1. The molecule has 0 bridgehead atoms. The van der Waals surface area contributed by atoms with Gasteiger partial charge in [0.1, 0.15) is 17.5 Å². The largest absolute Gasteiger partial charge is 0.528 e. The van der Waals surface area contributed by atoms with Crippen LogP contribution >= 0.6 is 11.6 Å². The number of ether oxygens (including phenoxy) is 2. The summed E-state index contributed by atoms with van der Waals surface area (Å²) < 4.78 is 13.4. The lowest BCUT2D eigenvalue weighted by Crippen LogP contribution is -2.31. The van der Waals surface area contributed by atoms with Gasteiger partial charge in [-0.1, -0.05) is 11.6 Å². The van der Waals surface area contributed by atoms with Crippen molar-refractivity contribution in [3.63, 3.8) is 0 Å². The van der Waals surface area contributed by atoms with Gasteiger partial charge < -0.3 is 14.3 Å². The number of rotatable bonds is 4. The van der Waals surface area contributed by atoms with Crippen LogP contribution < -0.4 is 4.74 Å². The molecule has 0 atom stereocenters. The van der Waals surface area contributed by atoms with E-state index in [1.165, 1.54) is 5.06 Å². The summed E-state index contributed by atoms with van der Waals surface area (Å²) >= 11 is 6.33. The van der Waals surface area contributed by atoms with Crippen molar-refractivity contribution in [3.8, 4) is 11.7 Å². The summed E-state index contributed by atoms with van der Waals surface area (Å²) in [6, 6.07) is 7.88. The monoisotopic (exact) mass is 512 g/mol. The van der Waals surface area contributed by atoms with Crippen LogP contribution in [0.25, 0.3) is 5.69 Å². The first-order valence-corrected chi connectivity index (χ1v) is 12.5. The zero-order valence-corrected chi connectivity index (χ0v) is 21.3. The average molecular weight is 513 g/mol. The zero-order valence-electron chi connectivity index (χ0n) is 20.6. The van der Waals surface area contributed by atoms with E-state index in [-0.39, 0.29) is 18.6 Å². The number of nitrogens with zero attached hydrogens (tertiary/aromatic N) is 6. The van der Waals surface area contributed by atoms with Gasteiger partial charge >= 0.3 is 12.2 Å². The molecule has 10 nitrogen and oxygen atoms in total. The minimum atomic E-state index is -0.764. The van der Waals surface area contributed by atoms with E-state index in [2.05, 4.69) is 24.7 Å². The molecule has 1 saturated carbocycles. The summed E-state index contributed by atoms with van der Waals surface area (Å²) in [5, 5.41) is 11.2. The number of carbonyl (C=O) groups excluding carboxylic acids is 1. The Labute approximate surface area is 214 Å². The Balaban J connectivity index is 1.36. The molecular formula is C25H29ClN6O4. The van der Waals surface area contributed by atoms with Crippen molar-refractivity contribution in [3.05, 3.63) is 58.9 Å². The fourth-order valence-corrected chi connectivity index (χ4v) is 4.83. The van der Waals surface area contributed by atoms with Crippen LogP contribution in [-0.2, 0) is 22.7 Å². The molecule has 5 rings (SSSR count). The Morgan fingerprint density at radius 1 is 1.06 bits per heavy atom. The van der Waals surface area contributed by atoms with Gasteiger partial charge in [0.05, 0.1) is 18.8 Å². The summed E-state index contributed by atoms with van der Waals surface area (Å²) in [5.74, 6) is 1.79. The number of benzene rings is 1. The smallest absolute Gasteiger partial charge is 0.460 e. The second kappa shape index (κ2) is 10.0. The molecule has 0 unspecified atom stereocenters. The lowest BCUT2D eigenvalue weighted by atomic mass is 9.86. The Bertz CT molecular complexity index is 1220. The van der Waals surface area contributed by atoms with E-state index in [1.807, 2.05) is 18.2 Å². The second-order valence-electron chi connectivity index (χ2n) is 10.1. The number of hydrogen-bond donors (Lipinski definition) is 0. The van der Waals surface area contributed by atoms with Crippen molar-refractivity contribution < 1.29 is 19.1 Å². The molecule has 2 aliphatic rings. The molecule has 0 saturated heterocycles. The third kappa shape index (κ3) is 5.60. The molecule has 36 heavy (non-hydrogen) atoms. The first-order valence-electron chi connectivity index (χ1n) is 12.1. The van der Waals surface area contributed by atoms with E-state index in [0.717, 1.165) is 42.8 Å². The van der Waals surface area contributed by atoms with Gasteiger partial charge in [0.25, 0.3) is 0 Å². The van der Waals surface area contributed by atoms with E-state index in [4.69, 9.17) is 25.9 Å². The minimum absolute atomic E-state index is 0.0685. The summed E-state index contributed by atoms with van der Waals surface area (Å²) in [6.07, 6.45) is 6.20. The summed E-state index contributed by atoms with van der Waals surface area (Å²) in [7, 11) is 0. The topological polar surface area (TPSA) is 104 Å². The molecule has 3 aromatic rings. The van der Waals surface area contributed by atoms with E-state index < -0.39 is 11.8 Å². The lowest BCUT2D eigenvalue weighted by Gasteiger charge is -2.28. The van der Waals surface area contributed by atoms with E-state index in [0.29, 0.717) is 23.4 Å². The fourth-order valence-electron chi connectivity index (χ4n) is 4.63. The van der Waals surface area contributed by atoms with Crippen molar-refractivity contribution >= 4 is 17.8 Å². The molecule has 0 spiro atoms. The Hall–Kier alpha value is -3.24. The van der Waals surface area contributed by atoms with Crippen LogP contribution in [0.2, 0.25) is 5.02 Å². The van der Waals surface area contributed by atoms with Gasteiger partial charge in [-0.2, -0.15) is 0 Å². The van der Waals surface area contributed by atoms with Gasteiger partial charge in [-0.3, -0.25) is 4.57 Å². The van der Waals surface area contributed by atoms with Crippen molar-refractivity contribution in [2.45, 2.75) is 77.2 Å². The van der Waals surface area contributed by atoms with Crippen LogP contribution in [0.4, 0.5) is 4.79 Å². The molecule has 0 N–H and O–H groups in total. The molecule has 1 aliphatic carbocycles. The quantitative estimate of drug-likeness (QED) is 0.446. The minimum Gasteiger partial charge on any atom is -0.460 e. The van der Waals surface area contributed by atoms with E-state index in [1.54, 1.807) is 39.2 Å². The van der Waals surface area contributed by atoms with Crippen LogP contribution in [0.1, 0.15) is 69.6 Å². The third-order valence-corrected chi connectivity index (χ3v) is 6.38. The number of hydrogen-bond acceptors (Lipinski definition) is 9. The molecule has 1 fully saturated rings. The van der Waals surface area contributed by atoms with Gasteiger partial charge in [-0.05, 0) is 76.3 Å². The second-order valence-corrected chi connectivity index (χ2v) is 10.5. The normalized spacial score (nSPS) is 20.1. The van der Waals surface area contributed by atoms with E-state index >= 15 is 0 Å². The number of aromatic nitrogens is 5. The zero-order chi connectivity index (χ0) is 25.3. The highest BCUT2D eigenvalue weighted by Crippen LogP contribution is 2.37. The highest BCUT2D eigenvalue weighted by Gasteiger charge is 2.32. The van der Waals surface area contributed by atoms with Gasteiger partial charge in [0.2, 0.25) is 0 Å². The Kier molecular flexibility index (Phi) is 6.81. The Morgan fingerprint density at radius 2 is 1.81 bits per heavy atom. The summed E-state index contributed by atoms with van der Waals surface area (Å²) in [5.41, 5.74) is 1.18. The van der Waals surface area contributed by atoms with Crippen molar-refractivity contribution in [1.82, 2.24) is 29.8 Å². The third-order valence-electron chi connectivity index (χ3n) is 6.15. The molecule has 2 aromatic heterocycles. The molecule has 0 amide bonds. The predicted molar refractivity (Wildman–Crippen MR) is 131 cm³/mol. The first kappa shape index (κ1) is 24.5. The molecule has 1 aliphatic heterocycles. The van der Waals surface area contributed by atoms with Gasteiger partial charge in [-0.15, -0.1) is 15.3 Å². The molecule has 190 valence electrons. The standard InChI is InChI=1S/C25H29ClN6O4/c1-25(2,3)35-24(33)36-31-14-17-13-18(26)7-10-20(17)32-21(15-31)29-30-22(32)16-5-8-19(9-6-16)34-23-27-11-4-12-28-23/h4,7,10-13,16,19H,5-6,8-9,14-15H2,1-3H3/t16-,19+. The first-order chi connectivity index (χ1) is 17.2. The maximum atomic E-state index is 12.4. The van der Waals surface area contributed by atoms with Crippen LogP contribution in [0.5, 0.6) is 6.01 Å². The number of hydroxylamine groups is 2. The van der Waals surface area contributed by atoms with Crippen LogP contribution in [0.3, 0.4) is 0 Å². The summed E-state index contributed by atoms with van der Waals surface area (Å²) in [4.78, 5) is 26.3. The maximum absolute atomic E-state index is 12.4. The van der Waals surface area contributed by atoms with Crippen molar-refractivity contribution in [1.29, 1.82) is 0 Å². The molecular weight excluding hydrogens is 484 g/mol. The van der Waals surface area contributed by atoms with Gasteiger partial charge in [0, 0.05) is 23.3 Å². The molecule has 1 aromatic carbocycles. The van der Waals surface area contributed by atoms with E-state index in [9.17, 15) is 4.79 Å². The van der Waals surface area contributed by atoms with Crippen molar-refractivity contribution in [2.24, 2.45) is 0 Å². The molecule has 3 heterocycles. The SMILES string of the molecule is CC(C)(C)OC(=O)ON1Cc2cc(Cl)ccc2-n2c(nnc2[C@H]2CC[C@@H](Oc3ncccn3)CC2)C1. The number of fused-ring (bicyclic) bond motifs is 3. The average Bonchev–Trinajstić information content (AvgIpc) is 3.15. The van der Waals surface area contributed by atoms with Crippen LogP contribution in [0.15, 0.2) is 36.7 Å². The lowest BCUT2D eigenvalue weighted by molar-refractivity contribution is -0.155. The van der Waals surface area contributed by atoms with Gasteiger partial charge in [0.15, 0.2) is 5.82 Å². The molecule has 0 radical (unpaired) electrons. The highest BCUT2D eigenvalue weighted by atomic mass is 35.5. The van der Waals surface area contributed by atoms with Crippen LogP contribution in [0, 0.1) is 0 Å². The predicted octanol–water partition coefficient (Wildman–Crippen LogP) is 5.00. The van der Waals surface area contributed by atoms with Crippen LogP contribution in [-0.4, -0.2) is 47.7 Å².